The maximum Gasteiger partial charge on any atom is 0.261 e. The van der Waals surface area contributed by atoms with Gasteiger partial charge >= 0.3 is 0 Å². The summed E-state index contributed by atoms with van der Waals surface area (Å²) in [5.74, 6) is 0.958. The molecule has 1 fully saturated rings. The Morgan fingerprint density at radius 3 is 2.57 bits per heavy atom. The van der Waals surface area contributed by atoms with Crippen LogP contribution in [0.1, 0.15) is 63.9 Å². The molecule has 8 heteroatoms. The molecular formula is C20H28ClN3O3S. The van der Waals surface area contributed by atoms with Gasteiger partial charge in [-0.25, -0.2) is 13.9 Å². The largest absolute Gasteiger partial charge is 0.381 e. The number of nitrogens with one attached hydrogen (secondary N) is 1. The number of halogens is 1. The average molecular weight is 426 g/mol. The standard InChI is InChI=1S/C20H28ClN3O3S/c1-12(23-28(26)20(2,3)4)15-10-14(21)11-16-17(15)22-18(24(5)19(16)25)13-6-8-27-9-7-13/h10-13,23H,6-9H2,1-5H3/t12-,28-/m1/s1. The van der Waals surface area contributed by atoms with Gasteiger partial charge in [-0.15, -0.1) is 0 Å². The summed E-state index contributed by atoms with van der Waals surface area (Å²) in [6.07, 6.45) is 1.69. The molecule has 1 aromatic carbocycles. The van der Waals surface area contributed by atoms with Gasteiger partial charge in [0.05, 0.1) is 26.6 Å². The molecule has 2 heterocycles. The molecule has 0 aliphatic carbocycles. The molecule has 0 spiro atoms. The Kier molecular flexibility index (Phi) is 6.29. The zero-order valence-electron chi connectivity index (χ0n) is 17.0. The van der Waals surface area contributed by atoms with E-state index in [0.717, 1.165) is 24.2 Å². The van der Waals surface area contributed by atoms with Crippen molar-refractivity contribution in [1.29, 1.82) is 0 Å². The van der Waals surface area contributed by atoms with Gasteiger partial charge in [-0.05, 0) is 58.2 Å². The van der Waals surface area contributed by atoms with Crippen LogP contribution >= 0.6 is 11.6 Å². The van der Waals surface area contributed by atoms with Crippen molar-refractivity contribution in [2.75, 3.05) is 13.2 Å². The van der Waals surface area contributed by atoms with E-state index in [0.29, 0.717) is 29.1 Å². The first-order valence-electron chi connectivity index (χ1n) is 9.55. The van der Waals surface area contributed by atoms with Gasteiger partial charge in [-0.1, -0.05) is 11.6 Å². The molecule has 0 saturated carbocycles. The summed E-state index contributed by atoms with van der Waals surface area (Å²) in [7, 11) is 0.503. The molecule has 1 aliphatic heterocycles. The first-order chi connectivity index (χ1) is 13.1. The number of benzene rings is 1. The van der Waals surface area contributed by atoms with E-state index in [2.05, 4.69) is 4.72 Å². The Bertz CT molecular complexity index is 962. The maximum atomic E-state index is 13.1. The van der Waals surface area contributed by atoms with Crippen molar-refractivity contribution < 1.29 is 8.95 Å². The number of aromatic nitrogens is 2. The summed E-state index contributed by atoms with van der Waals surface area (Å²) < 4.78 is 22.4. The summed E-state index contributed by atoms with van der Waals surface area (Å²) >= 11 is 6.31. The van der Waals surface area contributed by atoms with Crippen molar-refractivity contribution in [3.05, 3.63) is 38.9 Å². The van der Waals surface area contributed by atoms with Crippen LogP contribution in [0.4, 0.5) is 0 Å². The number of hydrogen-bond acceptors (Lipinski definition) is 4. The molecule has 154 valence electrons. The van der Waals surface area contributed by atoms with Crippen LogP contribution in [-0.4, -0.2) is 31.7 Å². The van der Waals surface area contributed by atoms with E-state index in [1.165, 1.54) is 0 Å². The Morgan fingerprint density at radius 1 is 1.32 bits per heavy atom. The van der Waals surface area contributed by atoms with Crippen LogP contribution in [0.15, 0.2) is 16.9 Å². The lowest BCUT2D eigenvalue weighted by Gasteiger charge is -2.25. The van der Waals surface area contributed by atoms with Gasteiger partial charge in [0.2, 0.25) is 0 Å². The highest BCUT2D eigenvalue weighted by molar-refractivity contribution is 7.84. The fraction of sp³-hybridized carbons (Fsp3) is 0.600. The average Bonchev–Trinajstić information content (AvgIpc) is 2.64. The number of rotatable bonds is 4. The van der Waals surface area contributed by atoms with Gasteiger partial charge in [0.15, 0.2) is 0 Å². The van der Waals surface area contributed by atoms with Crippen LogP contribution in [0.5, 0.6) is 0 Å². The molecule has 0 radical (unpaired) electrons. The molecule has 0 bridgehead atoms. The maximum absolute atomic E-state index is 13.1. The van der Waals surface area contributed by atoms with Crippen molar-refractivity contribution in [2.45, 2.75) is 57.2 Å². The normalized spacial score (nSPS) is 18.4. The highest BCUT2D eigenvalue weighted by atomic mass is 35.5. The third-order valence-electron chi connectivity index (χ3n) is 5.10. The fourth-order valence-electron chi connectivity index (χ4n) is 3.43. The molecule has 0 unspecified atom stereocenters. The molecule has 3 rings (SSSR count). The molecule has 1 saturated heterocycles. The van der Waals surface area contributed by atoms with Crippen molar-refractivity contribution >= 4 is 33.5 Å². The Morgan fingerprint density at radius 2 is 1.96 bits per heavy atom. The second-order valence-electron chi connectivity index (χ2n) is 8.33. The van der Waals surface area contributed by atoms with Gasteiger partial charge in [0.25, 0.3) is 5.56 Å². The van der Waals surface area contributed by atoms with E-state index in [1.807, 2.05) is 33.8 Å². The van der Waals surface area contributed by atoms with Crippen LogP contribution in [0, 0.1) is 0 Å². The van der Waals surface area contributed by atoms with Crippen LogP contribution < -0.4 is 10.3 Å². The quantitative estimate of drug-likeness (QED) is 0.812. The summed E-state index contributed by atoms with van der Waals surface area (Å²) in [4.78, 5) is 18.0. The fourth-order valence-corrected chi connectivity index (χ4v) is 4.46. The molecule has 6 nitrogen and oxygen atoms in total. The summed E-state index contributed by atoms with van der Waals surface area (Å²) in [5, 5.41) is 0.950. The molecule has 28 heavy (non-hydrogen) atoms. The van der Waals surface area contributed by atoms with Crippen molar-refractivity contribution in [2.24, 2.45) is 7.05 Å². The lowest BCUT2D eigenvalue weighted by Crippen LogP contribution is -2.35. The molecule has 1 aliphatic rings. The molecule has 1 N–H and O–H groups in total. The smallest absolute Gasteiger partial charge is 0.261 e. The van der Waals surface area contributed by atoms with E-state index in [9.17, 15) is 9.00 Å². The third-order valence-corrected chi connectivity index (χ3v) is 7.00. The van der Waals surface area contributed by atoms with E-state index in [-0.39, 0.29) is 17.5 Å². The van der Waals surface area contributed by atoms with Gasteiger partial charge in [0, 0.05) is 37.2 Å². The summed E-state index contributed by atoms with van der Waals surface area (Å²) in [6.45, 7) is 9.01. The van der Waals surface area contributed by atoms with Crippen LogP contribution in [0.25, 0.3) is 10.9 Å². The lowest BCUT2D eigenvalue weighted by atomic mass is 9.98. The first-order valence-corrected chi connectivity index (χ1v) is 11.1. The highest BCUT2D eigenvalue weighted by Gasteiger charge is 2.26. The van der Waals surface area contributed by atoms with Crippen LogP contribution in [0.3, 0.4) is 0 Å². The SMILES string of the molecule is C[C@@H](N[S@](=O)C(C)(C)C)c1cc(Cl)cc2c(=O)n(C)c(C3CCOCC3)nc12. The van der Waals surface area contributed by atoms with E-state index < -0.39 is 15.7 Å². The predicted octanol–water partition coefficient (Wildman–Crippen LogP) is 3.59. The number of hydrogen-bond donors (Lipinski definition) is 1. The Hall–Kier alpha value is -1.28. The zero-order chi connectivity index (χ0) is 20.6. The number of nitrogens with zero attached hydrogens (tertiary/aromatic N) is 2. The van der Waals surface area contributed by atoms with Gasteiger partial charge in [0.1, 0.15) is 5.82 Å². The third kappa shape index (κ3) is 4.32. The monoisotopic (exact) mass is 425 g/mol. The minimum absolute atomic E-state index is 0.112. The van der Waals surface area contributed by atoms with Crippen molar-refractivity contribution in [3.63, 3.8) is 0 Å². The molecule has 1 aromatic heterocycles. The highest BCUT2D eigenvalue weighted by Crippen LogP contribution is 2.30. The van der Waals surface area contributed by atoms with Crippen molar-refractivity contribution in [3.8, 4) is 0 Å². The molecule has 0 amide bonds. The second-order valence-corrected chi connectivity index (χ2v) is 10.8. The molecule has 2 aromatic rings. The van der Waals surface area contributed by atoms with Crippen LogP contribution in [-0.2, 0) is 22.8 Å². The van der Waals surface area contributed by atoms with Gasteiger partial charge in [-0.2, -0.15) is 0 Å². The minimum atomic E-state index is -1.26. The minimum Gasteiger partial charge on any atom is -0.381 e. The topological polar surface area (TPSA) is 73.2 Å². The van der Waals surface area contributed by atoms with E-state index in [1.54, 1.807) is 17.7 Å². The predicted molar refractivity (Wildman–Crippen MR) is 114 cm³/mol. The molecular weight excluding hydrogens is 398 g/mol. The number of ether oxygens (including phenoxy) is 1. The lowest BCUT2D eigenvalue weighted by molar-refractivity contribution is 0.0828. The Balaban J connectivity index is 2.13. The number of fused-ring (bicyclic) bond motifs is 1. The van der Waals surface area contributed by atoms with Crippen LogP contribution in [0.2, 0.25) is 5.02 Å². The van der Waals surface area contributed by atoms with E-state index in [4.69, 9.17) is 21.3 Å². The Labute approximate surface area is 173 Å². The summed E-state index contributed by atoms with van der Waals surface area (Å²) in [6, 6.07) is 3.20. The van der Waals surface area contributed by atoms with Crippen molar-refractivity contribution in [1.82, 2.24) is 14.3 Å². The van der Waals surface area contributed by atoms with Gasteiger partial charge in [-0.3, -0.25) is 9.36 Å². The summed E-state index contributed by atoms with van der Waals surface area (Å²) in [5.41, 5.74) is 1.30. The van der Waals surface area contributed by atoms with Gasteiger partial charge < -0.3 is 4.74 Å². The molecule has 2 atom stereocenters. The zero-order valence-corrected chi connectivity index (χ0v) is 18.6. The first kappa shape index (κ1) is 21.4. The van der Waals surface area contributed by atoms with E-state index >= 15 is 0 Å². The second kappa shape index (κ2) is 8.22.